The lowest BCUT2D eigenvalue weighted by molar-refractivity contribution is 0.0275. The SMILES string of the molecule is CCCCC(CC)CC(C)(O)c1ccc(C#N)cc1. The molecule has 104 valence electrons. The zero-order chi connectivity index (χ0) is 14.3. The van der Waals surface area contributed by atoms with Crippen molar-refractivity contribution in [3.05, 3.63) is 35.4 Å². The number of hydrogen-bond donors (Lipinski definition) is 1. The quantitative estimate of drug-likeness (QED) is 0.790. The van der Waals surface area contributed by atoms with E-state index in [2.05, 4.69) is 19.9 Å². The van der Waals surface area contributed by atoms with Crippen molar-refractivity contribution in [3.63, 3.8) is 0 Å². The van der Waals surface area contributed by atoms with Crippen LogP contribution in [0.4, 0.5) is 0 Å². The van der Waals surface area contributed by atoms with Crippen LogP contribution in [-0.2, 0) is 5.60 Å². The van der Waals surface area contributed by atoms with Crippen molar-refractivity contribution in [1.29, 1.82) is 5.26 Å². The Kier molecular flexibility index (Phi) is 6.05. The van der Waals surface area contributed by atoms with Gasteiger partial charge in [0.25, 0.3) is 0 Å². The van der Waals surface area contributed by atoms with Gasteiger partial charge in [-0.2, -0.15) is 5.26 Å². The molecule has 0 amide bonds. The Bertz CT molecular complexity index is 414. The first kappa shape index (κ1) is 15.7. The van der Waals surface area contributed by atoms with Crippen LogP contribution in [0, 0.1) is 17.2 Å². The zero-order valence-corrected chi connectivity index (χ0v) is 12.3. The summed E-state index contributed by atoms with van der Waals surface area (Å²) in [5, 5.41) is 19.5. The van der Waals surface area contributed by atoms with Crippen LogP contribution >= 0.6 is 0 Å². The number of unbranched alkanes of at least 4 members (excludes halogenated alkanes) is 1. The first-order valence-electron chi connectivity index (χ1n) is 7.26. The first-order valence-corrected chi connectivity index (χ1v) is 7.26. The highest BCUT2D eigenvalue weighted by Crippen LogP contribution is 2.31. The molecule has 1 rings (SSSR count). The maximum Gasteiger partial charge on any atom is 0.0991 e. The van der Waals surface area contributed by atoms with Gasteiger partial charge >= 0.3 is 0 Å². The molecule has 0 aliphatic carbocycles. The highest BCUT2D eigenvalue weighted by molar-refractivity contribution is 5.33. The van der Waals surface area contributed by atoms with Crippen LogP contribution in [0.2, 0.25) is 0 Å². The van der Waals surface area contributed by atoms with E-state index in [1.54, 1.807) is 12.1 Å². The Morgan fingerprint density at radius 3 is 2.37 bits per heavy atom. The summed E-state index contributed by atoms with van der Waals surface area (Å²) in [6.45, 7) is 6.27. The number of nitrogens with zero attached hydrogens (tertiary/aromatic N) is 1. The standard InChI is InChI=1S/C17H25NO/c1-4-6-7-14(5-2)12-17(3,19)16-10-8-15(13-18)9-11-16/h8-11,14,19H,4-7,12H2,1-3H3. The van der Waals surface area contributed by atoms with E-state index in [0.717, 1.165) is 18.4 Å². The molecule has 0 saturated carbocycles. The molecule has 0 aliphatic rings. The van der Waals surface area contributed by atoms with Crippen LogP contribution < -0.4 is 0 Å². The van der Waals surface area contributed by atoms with Gasteiger partial charge in [0.15, 0.2) is 0 Å². The Hall–Kier alpha value is -1.33. The van der Waals surface area contributed by atoms with Gasteiger partial charge in [-0.1, -0.05) is 51.7 Å². The van der Waals surface area contributed by atoms with E-state index in [9.17, 15) is 5.11 Å². The number of benzene rings is 1. The summed E-state index contributed by atoms with van der Waals surface area (Å²) in [5.41, 5.74) is 0.738. The number of nitriles is 1. The summed E-state index contributed by atoms with van der Waals surface area (Å²) in [4.78, 5) is 0. The summed E-state index contributed by atoms with van der Waals surface area (Å²) < 4.78 is 0. The second-order valence-corrected chi connectivity index (χ2v) is 5.58. The summed E-state index contributed by atoms with van der Waals surface area (Å²) in [5.74, 6) is 0.561. The smallest absolute Gasteiger partial charge is 0.0991 e. The molecule has 0 heterocycles. The van der Waals surface area contributed by atoms with Crippen molar-refractivity contribution in [2.24, 2.45) is 5.92 Å². The highest BCUT2D eigenvalue weighted by atomic mass is 16.3. The molecule has 0 aliphatic heterocycles. The molecule has 1 aromatic carbocycles. The second kappa shape index (κ2) is 7.31. The van der Waals surface area contributed by atoms with Crippen LogP contribution in [0.5, 0.6) is 0 Å². The lowest BCUT2D eigenvalue weighted by Crippen LogP contribution is -2.25. The van der Waals surface area contributed by atoms with E-state index in [0.29, 0.717) is 11.5 Å². The molecule has 1 N–H and O–H groups in total. The van der Waals surface area contributed by atoms with Crippen molar-refractivity contribution < 1.29 is 5.11 Å². The van der Waals surface area contributed by atoms with E-state index in [-0.39, 0.29) is 0 Å². The topological polar surface area (TPSA) is 44.0 Å². The number of hydrogen-bond acceptors (Lipinski definition) is 2. The molecule has 0 aromatic heterocycles. The van der Waals surface area contributed by atoms with Gasteiger partial charge in [0.05, 0.1) is 17.2 Å². The predicted molar refractivity (Wildman–Crippen MR) is 78.7 cm³/mol. The fourth-order valence-electron chi connectivity index (χ4n) is 2.53. The third-order valence-corrected chi connectivity index (χ3v) is 3.87. The first-order chi connectivity index (χ1) is 9.03. The number of rotatable bonds is 7. The lowest BCUT2D eigenvalue weighted by Gasteiger charge is -2.28. The fourth-order valence-corrected chi connectivity index (χ4v) is 2.53. The molecule has 1 aromatic rings. The second-order valence-electron chi connectivity index (χ2n) is 5.58. The molecule has 0 fully saturated rings. The van der Waals surface area contributed by atoms with Gasteiger partial charge in [-0.3, -0.25) is 0 Å². The Balaban J connectivity index is 2.75. The molecule has 0 spiro atoms. The molecule has 2 unspecified atom stereocenters. The van der Waals surface area contributed by atoms with Crippen molar-refractivity contribution >= 4 is 0 Å². The van der Waals surface area contributed by atoms with Crippen molar-refractivity contribution in [1.82, 2.24) is 0 Å². The average Bonchev–Trinajstić information content (AvgIpc) is 2.43. The number of aliphatic hydroxyl groups is 1. The Morgan fingerprint density at radius 2 is 1.89 bits per heavy atom. The monoisotopic (exact) mass is 259 g/mol. The molecule has 0 radical (unpaired) electrons. The van der Waals surface area contributed by atoms with Crippen molar-refractivity contribution in [2.75, 3.05) is 0 Å². The third-order valence-electron chi connectivity index (χ3n) is 3.87. The molecule has 2 atom stereocenters. The van der Waals surface area contributed by atoms with Crippen LogP contribution in [-0.4, -0.2) is 5.11 Å². The Morgan fingerprint density at radius 1 is 1.26 bits per heavy atom. The van der Waals surface area contributed by atoms with Gasteiger partial charge in [-0.15, -0.1) is 0 Å². The highest BCUT2D eigenvalue weighted by Gasteiger charge is 2.26. The summed E-state index contributed by atoms with van der Waals surface area (Å²) in [7, 11) is 0. The molecular formula is C17H25NO. The van der Waals surface area contributed by atoms with Gasteiger partial charge in [0.1, 0.15) is 0 Å². The minimum absolute atomic E-state index is 0.561. The molecule has 0 saturated heterocycles. The fraction of sp³-hybridized carbons (Fsp3) is 0.588. The summed E-state index contributed by atoms with van der Waals surface area (Å²) in [6, 6.07) is 9.39. The molecule has 19 heavy (non-hydrogen) atoms. The summed E-state index contributed by atoms with van der Waals surface area (Å²) in [6.07, 6.45) is 5.50. The largest absolute Gasteiger partial charge is 0.385 e. The van der Waals surface area contributed by atoms with Gasteiger partial charge in [-0.05, 0) is 37.0 Å². The minimum atomic E-state index is -0.803. The summed E-state index contributed by atoms with van der Waals surface area (Å²) >= 11 is 0. The van der Waals surface area contributed by atoms with Crippen LogP contribution in [0.15, 0.2) is 24.3 Å². The molecule has 2 heteroatoms. The molecular weight excluding hydrogens is 234 g/mol. The average molecular weight is 259 g/mol. The van der Waals surface area contributed by atoms with Gasteiger partial charge < -0.3 is 5.11 Å². The van der Waals surface area contributed by atoms with Gasteiger partial charge in [0.2, 0.25) is 0 Å². The predicted octanol–water partition coefficient (Wildman–Crippen LogP) is 4.37. The van der Waals surface area contributed by atoms with E-state index in [1.165, 1.54) is 19.3 Å². The lowest BCUT2D eigenvalue weighted by atomic mass is 9.82. The van der Waals surface area contributed by atoms with E-state index in [4.69, 9.17) is 5.26 Å². The van der Waals surface area contributed by atoms with E-state index in [1.807, 2.05) is 19.1 Å². The third kappa shape index (κ3) is 4.69. The molecule has 2 nitrogen and oxygen atoms in total. The van der Waals surface area contributed by atoms with Gasteiger partial charge in [0, 0.05) is 0 Å². The normalized spacial score (nSPS) is 15.5. The maximum atomic E-state index is 10.7. The molecule has 0 bridgehead atoms. The van der Waals surface area contributed by atoms with Crippen LogP contribution in [0.25, 0.3) is 0 Å². The zero-order valence-electron chi connectivity index (χ0n) is 12.3. The Labute approximate surface area is 117 Å². The maximum absolute atomic E-state index is 10.7. The van der Waals surface area contributed by atoms with Crippen molar-refractivity contribution in [3.8, 4) is 6.07 Å². The van der Waals surface area contributed by atoms with E-state index >= 15 is 0 Å². The van der Waals surface area contributed by atoms with E-state index < -0.39 is 5.60 Å². The van der Waals surface area contributed by atoms with Crippen LogP contribution in [0.1, 0.15) is 64.0 Å². The van der Waals surface area contributed by atoms with Crippen LogP contribution in [0.3, 0.4) is 0 Å². The minimum Gasteiger partial charge on any atom is -0.385 e. The van der Waals surface area contributed by atoms with Gasteiger partial charge in [-0.25, -0.2) is 0 Å². The van der Waals surface area contributed by atoms with Crippen molar-refractivity contribution in [2.45, 2.75) is 58.5 Å².